The second-order valence-corrected chi connectivity index (χ2v) is 5.47. The highest BCUT2D eigenvalue weighted by atomic mass is 32.1. The molecule has 3 heteroatoms. The van der Waals surface area contributed by atoms with Gasteiger partial charge in [-0.05, 0) is 32.2 Å². The van der Waals surface area contributed by atoms with Crippen molar-refractivity contribution in [3.05, 3.63) is 16.1 Å². The largest absolute Gasteiger partial charge is 0.306 e. The summed E-state index contributed by atoms with van der Waals surface area (Å²) < 4.78 is 0. The molecule has 0 aromatic carbocycles. The average molecular weight is 210 g/mol. The summed E-state index contributed by atoms with van der Waals surface area (Å²) in [6, 6.07) is 0. The standard InChI is InChI=1S/C11H18N2S/c1-8(2)11(5-4-6-12-11)10-7-14-9(3)13-10/h7-8,12H,4-6H2,1-3H3. The minimum atomic E-state index is 0.157. The normalized spacial score (nSPS) is 27.4. The molecule has 0 bridgehead atoms. The van der Waals surface area contributed by atoms with Gasteiger partial charge in [-0.3, -0.25) is 0 Å². The Morgan fingerprint density at radius 3 is 2.79 bits per heavy atom. The zero-order valence-corrected chi connectivity index (χ0v) is 9.95. The monoisotopic (exact) mass is 210 g/mol. The zero-order valence-electron chi connectivity index (χ0n) is 9.13. The fourth-order valence-corrected chi connectivity index (χ4v) is 3.04. The predicted molar refractivity (Wildman–Crippen MR) is 60.6 cm³/mol. The Hall–Kier alpha value is -0.410. The third-order valence-electron chi connectivity index (χ3n) is 3.25. The van der Waals surface area contributed by atoms with Crippen LogP contribution in [-0.2, 0) is 5.54 Å². The van der Waals surface area contributed by atoms with Gasteiger partial charge in [0.05, 0.1) is 16.2 Å². The molecule has 2 nitrogen and oxygen atoms in total. The molecule has 1 aliphatic heterocycles. The molecule has 1 aliphatic rings. The van der Waals surface area contributed by atoms with Crippen LogP contribution in [0.3, 0.4) is 0 Å². The maximum Gasteiger partial charge on any atom is 0.0898 e. The van der Waals surface area contributed by atoms with Crippen molar-refractivity contribution >= 4 is 11.3 Å². The Labute approximate surface area is 89.8 Å². The van der Waals surface area contributed by atoms with Crippen LogP contribution in [0.4, 0.5) is 0 Å². The molecule has 1 unspecified atom stereocenters. The first kappa shape index (κ1) is 10.1. The molecule has 1 saturated heterocycles. The number of rotatable bonds is 2. The van der Waals surface area contributed by atoms with Gasteiger partial charge < -0.3 is 5.32 Å². The predicted octanol–water partition coefficient (Wildman–Crippen LogP) is 2.69. The minimum Gasteiger partial charge on any atom is -0.306 e. The Balaban J connectivity index is 2.36. The van der Waals surface area contributed by atoms with Crippen LogP contribution in [0.15, 0.2) is 5.38 Å². The first-order chi connectivity index (χ1) is 6.65. The van der Waals surface area contributed by atoms with Gasteiger partial charge in [0.1, 0.15) is 0 Å². The summed E-state index contributed by atoms with van der Waals surface area (Å²) in [6.07, 6.45) is 2.50. The second-order valence-electron chi connectivity index (χ2n) is 4.41. The highest BCUT2D eigenvalue weighted by molar-refractivity contribution is 7.09. The van der Waals surface area contributed by atoms with E-state index in [-0.39, 0.29) is 5.54 Å². The molecule has 14 heavy (non-hydrogen) atoms. The summed E-state index contributed by atoms with van der Waals surface area (Å²) in [4.78, 5) is 4.64. The van der Waals surface area contributed by atoms with E-state index in [9.17, 15) is 0 Å². The number of nitrogens with zero attached hydrogens (tertiary/aromatic N) is 1. The molecule has 78 valence electrons. The van der Waals surface area contributed by atoms with Gasteiger partial charge in [0.25, 0.3) is 0 Å². The lowest BCUT2D eigenvalue weighted by molar-refractivity contribution is 0.270. The van der Waals surface area contributed by atoms with Crippen LogP contribution in [-0.4, -0.2) is 11.5 Å². The van der Waals surface area contributed by atoms with Gasteiger partial charge in [-0.2, -0.15) is 0 Å². The van der Waals surface area contributed by atoms with Gasteiger partial charge in [0.15, 0.2) is 0 Å². The van der Waals surface area contributed by atoms with Crippen molar-refractivity contribution in [2.45, 2.75) is 39.2 Å². The number of thiazole rings is 1. The van der Waals surface area contributed by atoms with Gasteiger partial charge in [0.2, 0.25) is 0 Å². The van der Waals surface area contributed by atoms with Crippen molar-refractivity contribution in [2.24, 2.45) is 5.92 Å². The summed E-state index contributed by atoms with van der Waals surface area (Å²) in [7, 11) is 0. The van der Waals surface area contributed by atoms with E-state index in [2.05, 4.69) is 36.5 Å². The molecule has 0 radical (unpaired) electrons. The van der Waals surface area contributed by atoms with Gasteiger partial charge in [-0.15, -0.1) is 11.3 Å². The minimum absolute atomic E-state index is 0.157. The van der Waals surface area contributed by atoms with E-state index >= 15 is 0 Å². The zero-order chi connectivity index (χ0) is 10.2. The Morgan fingerprint density at radius 2 is 2.36 bits per heavy atom. The maximum absolute atomic E-state index is 4.64. The molecule has 1 N–H and O–H groups in total. The molecule has 1 aromatic rings. The molecule has 2 heterocycles. The van der Waals surface area contributed by atoms with Crippen LogP contribution in [0, 0.1) is 12.8 Å². The molecule has 0 aliphatic carbocycles. The van der Waals surface area contributed by atoms with Crippen LogP contribution in [0.1, 0.15) is 37.4 Å². The van der Waals surface area contributed by atoms with Crippen LogP contribution >= 0.6 is 11.3 Å². The highest BCUT2D eigenvalue weighted by Crippen LogP contribution is 2.37. The molecule has 1 fully saturated rings. The smallest absolute Gasteiger partial charge is 0.0898 e. The van der Waals surface area contributed by atoms with Gasteiger partial charge in [-0.25, -0.2) is 4.98 Å². The van der Waals surface area contributed by atoms with E-state index in [1.54, 1.807) is 11.3 Å². The molecule has 1 atom stereocenters. The number of aromatic nitrogens is 1. The van der Waals surface area contributed by atoms with Crippen molar-refractivity contribution in [3.8, 4) is 0 Å². The Kier molecular flexibility index (Phi) is 2.62. The first-order valence-electron chi connectivity index (χ1n) is 5.33. The SMILES string of the molecule is Cc1nc(C2(C(C)C)CCCN2)cs1. The van der Waals surface area contributed by atoms with Gasteiger partial charge in [-0.1, -0.05) is 13.8 Å². The third-order valence-corrected chi connectivity index (χ3v) is 4.02. The lowest BCUT2D eigenvalue weighted by Gasteiger charge is -2.32. The molecular weight excluding hydrogens is 192 g/mol. The van der Waals surface area contributed by atoms with Gasteiger partial charge >= 0.3 is 0 Å². The topological polar surface area (TPSA) is 24.9 Å². The van der Waals surface area contributed by atoms with Crippen LogP contribution < -0.4 is 5.32 Å². The molecular formula is C11H18N2S. The van der Waals surface area contributed by atoms with E-state index in [1.807, 2.05) is 0 Å². The fraction of sp³-hybridized carbons (Fsp3) is 0.727. The maximum atomic E-state index is 4.64. The van der Waals surface area contributed by atoms with Crippen molar-refractivity contribution < 1.29 is 0 Å². The molecule has 2 rings (SSSR count). The molecule has 1 aromatic heterocycles. The summed E-state index contributed by atoms with van der Waals surface area (Å²) in [5.74, 6) is 0.617. The van der Waals surface area contributed by atoms with Crippen molar-refractivity contribution in [3.63, 3.8) is 0 Å². The first-order valence-corrected chi connectivity index (χ1v) is 6.21. The molecule has 0 spiro atoms. The quantitative estimate of drug-likeness (QED) is 0.812. The van der Waals surface area contributed by atoms with Crippen LogP contribution in [0.5, 0.6) is 0 Å². The van der Waals surface area contributed by atoms with Crippen LogP contribution in [0.25, 0.3) is 0 Å². The van der Waals surface area contributed by atoms with E-state index in [1.165, 1.54) is 23.5 Å². The number of hydrogen-bond acceptors (Lipinski definition) is 3. The third kappa shape index (κ3) is 1.48. The number of nitrogens with one attached hydrogen (secondary N) is 1. The van der Waals surface area contributed by atoms with E-state index in [0.717, 1.165) is 6.54 Å². The lowest BCUT2D eigenvalue weighted by atomic mass is 9.82. The Morgan fingerprint density at radius 1 is 1.57 bits per heavy atom. The van der Waals surface area contributed by atoms with E-state index in [4.69, 9.17) is 0 Å². The number of aryl methyl sites for hydroxylation is 1. The van der Waals surface area contributed by atoms with Crippen molar-refractivity contribution in [1.82, 2.24) is 10.3 Å². The highest BCUT2D eigenvalue weighted by Gasteiger charge is 2.39. The van der Waals surface area contributed by atoms with Crippen molar-refractivity contribution in [2.75, 3.05) is 6.54 Å². The summed E-state index contributed by atoms with van der Waals surface area (Å²) >= 11 is 1.76. The average Bonchev–Trinajstić information content (AvgIpc) is 2.71. The second kappa shape index (κ2) is 3.63. The van der Waals surface area contributed by atoms with E-state index < -0.39 is 0 Å². The van der Waals surface area contributed by atoms with Gasteiger partial charge in [0, 0.05) is 5.38 Å². The molecule has 0 amide bonds. The molecule has 0 saturated carbocycles. The lowest BCUT2D eigenvalue weighted by Crippen LogP contribution is -2.42. The summed E-state index contributed by atoms with van der Waals surface area (Å²) in [5, 5.41) is 7.03. The Bertz CT molecular complexity index is 311. The number of hydrogen-bond donors (Lipinski definition) is 1. The van der Waals surface area contributed by atoms with Crippen molar-refractivity contribution in [1.29, 1.82) is 0 Å². The van der Waals surface area contributed by atoms with Crippen LogP contribution in [0.2, 0.25) is 0 Å². The fourth-order valence-electron chi connectivity index (χ4n) is 2.34. The summed E-state index contributed by atoms with van der Waals surface area (Å²) in [5.41, 5.74) is 1.41. The van der Waals surface area contributed by atoms with E-state index in [0.29, 0.717) is 5.92 Å². The summed E-state index contributed by atoms with van der Waals surface area (Å²) in [6.45, 7) is 7.78.